The molecule has 4 nitrogen and oxygen atoms in total. The Bertz CT molecular complexity index is 31.8. The molecule has 0 unspecified atom stereocenters. The quantitative estimate of drug-likeness (QED) is 0.169. The SMILES string of the molecule is O=[N+]([O-])[O-].[Li+].[LiH]. The first kappa shape index (κ1) is 16.1. The normalized spacial score (nSPS) is 4.00. The van der Waals surface area contributed by atoms with Crippen molar-refractivity contribution in [3.63, 3.8) is 0 Å². The molecule has 0 aromatic carbocycles. The summed E-state index contributed by atoms with van der Waals surface area (Å²) < 4.78 is 0. The molecule has 6 heteroatoms. The van der Waals surface area contributed by atoms with E-state index in [9.17, 15) is 0 Å². The van der Waals surface area contributed by atoms with Crippen LogP contribution in [0.3, 0.4) is 0 Å². The van der Waals surface area contributed by atoms with Gasteiger partial charge in [0, 0.05) is 0 Å². The molecule has 0 atom stereocenters. The van der Waals surface area contributed by atoms with E-state index in [4.69, 9.17) is 15.3 Å². The minimum atomic E-state index is -1.75. The van der Waals surface area contributed by atoms with Gasteiger partial charge in [-0.1, -0.05) is 0 Å². The first-order valence-electron chi connectivity index (χ1n) is 0.548. The van der Waals surface area contributed by atoms with Crippen LogP contribution >= 0.6 is 0 Å². The second-order valence-corrected chi connectivity index (χ2v) is 0.224. The van der Waals surface area contributed by atoms with E-state index in [0.29, 0.717) is 0 Å². The maximum atomic E-state index is 8.25. The van der Waals surface area contributed by atoms with Gasteiger partial charge in [-0.25, -0.2) is 0 Å². The predicted octanol–water partition coefficient (Wildman–Crippen LogP) is -3.88. The van der Waals surface area contributed by atoms with Gasteiger partial charge in [-0.3, -0.25) is 0 Å². The molecule has 0 heterocycles. The van der Waals surface area contributed by atoms with Crippen LogP contribution in [-0.2, 0) is 0 Å². The standard InChI is InChI=1S/2Li.NO3.H/c;;2-1(3)4;/q;+1;-1;. The molecule has 0 aromatic rings. The Hall–Kier alpha value is 0.395. The molecule has 0 saturated carbocycles. The van der Waals surface area contributed by atoms with E-state index in [-0.39, 0.29) is 37.7 Å². The van der Waals surface area contributed by atoms with Crippen molar-refractivity contribution < 1.29 is 23.9 Å². The zero-order valence-electron chi connectivity index (χ0n) is 2.67. The van der Waals surface area contributed by atoms with Crippen LogP contribution in [0, 0.1) is 15.3 Å². The third-order valence-electron chi connectivity index (χ3n) is 0. The Balaban J connectivity index is -0.0000000450. The molecule has 26 valence electrons. The summed E-state index contributed by atoms with van der Waals surface area (Å²) in [6.07, 6.45) is 0. The van der Waals surface area contributed by atoms with Crippen molar-refractivity contribution in [1.29, 1.82) is 0 Å². The molecule has 6 heavy (non-hydrogen) atoms. The molecular formula is HLi2NO3. The van der Waals surface area contributed by atoms with Gasteiger partial charge in [0.1, 0.15) is 0 Å². The van der Waals surface area contributed by atoms with Crippen molar-refractivity contribution in [2.24, 2.45) is 0 Å². The number of rotatable bonds is 0. The van der Waals surface area contributed by atoms with Crippen LogP contribution in [0.15, 0.2) is 0 Å². The van der Waals surface area contributed by atoms with Gasteiger partial charge in [-0.15, -0.1) is 0 Å². The first-order chi connectivity index (χ1) is 1.73. The van der Waals surface area contributed by atoms with Gasteiger partial charge in [-0.2, -0.15) is 0 Å². The van der Waals surface area contributed by atoms with E-state index in [0.717, 1.165) is 0 Å². The van der Waals surface area contributed by atoms with Gasteiger partial charge < -0.3 is 15.3 Å². The summed E-state index contributed by atoms with van der Waals surface area (Å²) in [5, 5.41) is 14.8. The van der Waals surface area contributed by atoms with E-state index in [1.165, 1.54) is 0 Å². The maximum absolute atomic E-state index is 8.25. The Morgan fingerprint density at radius 2 is 1.33 bits per heavy atom. The fourth-order valence-electron chi connectivity index (χ4n) is 0. The van der Waals surface area contributed by atoms with Crippen LogP contribution in [0.25, 0.3) is 0 Å². The number of nitrogens with zero attached hydrogens (tertiary/aromatic N) is 1. The number of hydrogen-bond donors (Lipinski definition) is 0. The van der Waals surface area contributed by atoms with Crippen LogP contribution in [0.2, 0.25) is 0 Å². The summed E-state index contributed by atoms with van der Waals surface area (Å²) in [4.78, 5) is 8.25. The van der Waals surface area contributed by atoms with Crippen molar-refractivity contribution in [3.8, 4) is 0 Å². The second-order valence-electron chi connectivity index (χ2n) is 0.224. The van der Waals surface area contributed by atoms with Crippen LogP contribution < -0.4 is 18.9 Å². The molecule has 0 amide bonds. The molecule has 0 aliphatic carbocycles. The molecular weight excluding hydrogens is 75.9 g/mol. The summed E-state index contributed by atoms with van der Waals surface area (Å²) in [5.74, 6) is 0. The van der Waals surface area contributed by atoms with Gasteiger partial charge in [0.25, 0.3) is 0 Å². The van der Waals surface area contributed by atoms with Crippen molar-refractivity contribution in [2.75, 3.05) is 0 Å². The molecule has 0 fully saturated rings. The molecule has 0 radical (unpaired) electrons. The molecule has 0 aliphatic heterocycles. The fourth-order valence-corrected chi connectivity index (χ4v) is 0. The molecule has 0 N–H and O–H groups in total. The zero-order chi connectivity index (χ0) is 3.58. The topological polar surface area (TPSA) is 66.2 Å². The van der Waals surface area contributed by atoms with Crippen molar-refractivity contribution in [1.82, 2.24) is 0 Å². The monoisotopic (exact) mass is 77.0 g/mol. The van der Waals surface area contributed by atoms with Gasteiger partial charge in [0.2, 0.25) is 0 Å². The summed E-state index contributed by atoms with van der Waals surface area (Å²) in [5.41, 5.74) is 0. The molecule has 0 saturated heterocycles. The summed E-state index contributed by atoms with van der Waals surface area (Å²) in [7, 11) is 0. The summed E-state index contributed by atoms with van der Waals surface area (Å²) >= 11 is 0. The van der Waals surface area contributed by atoms with Gasteiger partial charge in [-0.05, 0) is 0 Å². The van der Waals surface area contributed by atoms with Crippen molar-refractivity contribution in [2.45, 2.75) is 0 Å². The van der Waals surface area contributed by atoms with Crippen LogP contribution in [0.1, 0.15) is 0 Å². The molecule has 0 aliphatic rings. The third kappa shape index (κ3) is 325. The molecule has 0 bridgehead atoms. The van der Waals surface area contributed by atoms with E-state index in [2.05, 4.69) is 0 Å². The van der Waals surface area contributed by atoms with Crippen LogP contribution in [0.5, 0.6) is 0 Å². The van der Waals surface area contributed by atoms with E-state index in [1.54, 1.807) is 0 Å². The number of hydrogen-bond acceptors (Lipinski definition) is 3. The predicted molar refractivity (Wildman–Crippen MR) is 17.5 cm³/mol. The Morgan fingerprint density at radius 1 is 1.33 bits per heavy atom. The van der Waals surface area contributed by atoms with Crippen LogP contribution in [-0.4, -0.2) is 23.9 Å². The molecule has 0 aromatic heterocycles. The first-order valence-corrected chi connectivity index (χ1v) is 0.548. The van der Waals surface area contributed by atoms with E-state index in [1.807, 2.05) is 0 Å². The van der Waals surface area contributed by atoms with Gasteiger partial charge in [0.05, 0.1) is 5.09 Å². The Kier molecular flexibility index (Phi) is 24.3. The van der Waals surface area contributed by atoms with E-state index < -0.39 is 5.09 Å². The van der Waals surface area contributed by atoms with Crippen molar-refractivity contribution >= 4 is 18.9 Å². The molecule has 0 rings (SSSR count). The van der Waals surface area contributed by atoms with E-state index >= 15 is 0 Å². The second kappa shape index (κ2) is 9.04. The average molecular weight is 76.9 g/mol. The minimum absolute atomic E-state index is 0. The van der Waals surface area contributed by atoms with Gasteiger partial charge >= 0.3 is 37.7 Å². The summed E-state index contributed by atoms with van der Waals surface area (Å²) in [6, 6.07) is 0. The zero-order valence-corrected chi connectivity index (χ0v) is 2.67. The Labute approximate surface area is 58.4 Å². The fraction of sp³-hybridized carbons (Fsp3) is 0. The average Bonchev–Trinajstić information content (AvgIpc) is 0.811. The Morgan fingerprint density at radius 3 is 1.33 bits per heavy atom. The van der Waals surface area contributed by atoms with Crippen molar-refractivity contribution in [3.05, 3.63) is 15.3 Å². The van der Waals surface area contributed by atoms with Crippen LogP contribution in [0.4, 0.5) is 0 Å². The summed E-state index contributed by atoms with van der Waals surface area (Å²) in [6.45, 7) is 0. The van der Waals surface area contributed by atoms with Gasteiger partial charge in [0.15, 0.2) is 0 Å². The molecule has 0 spiro atoms. The third-order valence-corrected chi connectivity index (χ3v) is 0.